The van der Waals surface area contributed by atoms with Crippen molar-refractivity contribution in [1.82, 2.24) is 0 Å². The molecule has 0 amide bonds. The Bertz CT molecular complexity index is 548. The van der Waals surface area contributed by atoms with Crippen LogP contribution in [0.1, 0.15) is 6.92 Å². The predicted octanol–water partition coefficient (Wildman–Crippen LogP) is -6.15. The minimum absolute atomic E-state index is 0.776. The van der Waals surface area contributed by atoms with Gasteiger partial charge in [-0.05, 0) is 6.92 Å². The summed E-state index contributed by atoms with van der Waals surface area (Å²) in [7, 11) is 0. The molecule has 0 unspecified atom stereocenters. The molecule has 0 aromatic carbocycles. The number of aliphatic hydroxyl groups is 8. The van der Waals surface area contributed by atoms with Crippen molar-refractivity contribution >= 4 is 5.78 Å². The molecule has 2 rings (SSSR count). The van der Waals surface area contributed by atoms with Crippen LogP contribution in [0.5, 0.6) is 0 Å². The van der Waals surface area contributed by atoms with Crippen LogP contribution in [-0.2, 0) is 19.0 Å². The highest BCUT2D eigenvalue weighted by atomic mass is 16.7. The van der Waals surface area contributed by atoms with Crippen molar-refractivity contribution in [3.8, 4) is 0 Å². The van der Waals surface area contributed by atoms with E-state index in [1.54, 1.807) is 0 Å². The summed E-state index contributed by atoms with van der Waals surface area (Å²) >= 11 is 0. The monoisotopic (exact) mass is 399 g/mol. The summed E-state index contributed by atoms with van der Waals surface area (Å²) in [6, 6.07) is 0. The second kappa shape index (κ2) is 7.90. The maximum atomic E-state index is 11.8. The second-order valence-corrected chi connectivity index (χ2v) is 6.62. The van der Waals surface area contributed by atoms with Gasteiger partial charge in [0.15, 0.2) is 29.7 Å². The molecule has 10 atom stereocenters. The minimum atomic E-state index is -2.88. The smallest absolute Gasteiger partial charge is 0.196 e. The first-order valence-corrected chi connectivity index (χ1v) is 8.07. The number of nitrogens with two attached hydrogens (primary N) is 1. The Morgan fingerprint density at radius 3 is 2.19 bits per heavy atom. The van der Waals surface area contributed by atoms with E-state index in [9.17, 15) is 45.6 Å². The average molecular weight is 399 g/mol. The molecule has 0 aromatic rings. The Kier molecular flexibility index (Phi) is 6.58. The first kappa shape index (κ1) is 22.5. The summed E-state index contributed by atoms with van der Waals surface area (Å²) in [6.45, 7) is -1.08. The van der Waals surface area contributed by atoms with E-state index in [-0.39, 0.29) is 0 Å². The second-order valence-electron chi connectivity index (χ2n) is 6.62. The van der Waals surface area contributed by atoms with Gasteiger partial charge < -0.3 is 55.1 Å². The van der Waals surface area contributed by atoms with Gasteiger partial charge in [-0.15, -0.1) is 0 Å². The van der Waals surface area contributed by atoms with E-state index in [1.807, 2.05) is 0 Å². The van der Waals surface area contributed by atoms with E-state index in [0.29, 0.717) is 0 Å². The average Bonchev–Trinajstić information content (AvgIpc) is 2.63. The lowest BCUT2D eigenvalue weighted by Crippen LogP contribution is -2.80. The highest BCUT2D eigenvalue weighted by Gasteiger charge is 2.66. The summed E-state index contributed by atoms with van der Waals surface area (Å²) in [5.41, 5.74) is 0.242. The number of rotatable bonds is 5. The molecule has 0 radical (unpaired) electrons. The van der Waals surface area contributed by atoms with Crippen molar-refractivity contribution in [2.45, 2.75) is 67.5 Å². The zero-order valence-corrected chi connectivity index (χ0v) is 14.3. The summed E-state index contributed by atoms with van der Waals surface area (Å²) in [4.78, 5) is 11.8. The first-order chi connectivity index (χ1) is 12.4. The maximum absolute atomic E-state index is 11.8. The molecular formula is C14H25NO12. The lowest BCUT2D eigenvalue weighted by Gasteiger charge is -2.53. The van der Waals surface area contributed by atoms with Crippen LogP contribution in [-0.4, -0.2) is 120 Å². The van der Waals surface area contributed by atoms with Gasteiger partial charge in [-0.2, -0.15) is 0 Å². The fourth-order valence-corrected chi connectivity index (χ4v) is 3.18. The third-order valence-corrected chi connectivity index (χ3v) is 4.90. The van der Waals surface area contributed by atoms with Gasteiger partial charge in [0.25, 0.3) is 0 Å². The molecule has 158 valence electrons. The molecule has 0 aliphatic carbocycles. The number of carbonyl (C=O) groups is 1. The number of ketones is 1. The molecule has 27 heavy (non-hydrogen) atoms. The van der Waals surface area contributed by atoms with E-state index in [0.717, 1.165) is 6.92 Å². The van der Waals surface area contributed by atoms with Gasteiger partial charge in [0.1, 0.15) is 36.6 Å². The summed E-state index contributed by atoms with van der Waals surface area (Å²) in [6.07, 6.45) is -14.7. The fourth-order valence-electron chi connectivity index (χ4n) is 3.18. The molecule has 2 aliphatic rings. The molecule has 0 saturated carbocycles. The van der Waals surface area contributed by atoms with Crippen molar-refractivity contribution in [2.24, 2.45) is 5.73 Å². The Labute approximate surface area is 153 Å². The lowest BCUT2D eigenvalue weighted by molar-refractivity contribution is -0.386. The van der Waals surface area contributed by atoms with Crippen LogP contribution < -0.4 is 5.73 Å². The molecule has 0 bridgehead atoms. The number of Topliss-reactive ketones (excluding diaryl/α,β-unsaturated/α-hetero) is 1. The number of carbonyl (C=O) groups excluding carboxylic acids is 1. The van der Waals surface area contributed by atoms with Crippen LogP contribution in [0.2, 0.25) is 0 Å². The third-order valence-electron chi connectivity index (χ3n) is 4.90. The highest BCUT2D eigenvalue weighted by molar-refractivity contribution is 5.87. The minimum Gasteiger partial charge on any atom is -0.394 e. The molecule has 13 heteroatoms. The quantitative estimate of drug-likeness (QED) is 0.210. The topological polar surface area (TPSA) is 233 Å². The SMILES string of the molecule is CC(=O)[C@@]1(O)[C@@H](O)[C@@H](O)[C@@H](O[C@H]2[C@H](O)[C@@H](O)[C@H](O)O[C@@H]2CO)O[C@]1(N)CO. The van der Waals surface area contributed by atoms with Crippen molar-refractivity contribution in [3.63, 3.8) is 0 Å². The summed E-state index contributed by atoms with van der Waals surface area (Å²) in [5.74, 6) is -1.10. The predicted molar refractivity (Wildman–Crippen MR) is 81.4 cm³/mol. The van der Waals surface area contributed by atoms with Crippen molar-refractivity contribution in [1.29, 1.82) is 0 Å². The Hall–Kier alpha value is -0.810. The summed E-state index contributed by atoms with van der Waals surface area (Å²) < 4.78 is 15.3. The van der Waals surface area contributed by atoms with Crippen LogP contribution in [0.15, 0.2) is 0 Å². The van der Waals surface area contributed by atoms with Crippen molar-refractivity contribution in [2.75, 3.05) is 13.2 Å². The molecule has 0 aromatic heterocycles. The van der Waals surface area contributed by atoms with E-state index in [2.05, 4.69) is 0 Å². The van der Waals surface area contributed by atoms with E-state index >= 15 is 0 Å². The van der Waals surface area contributed by atoms with Crippen molar-refractivity contribution in [3.05, 3.63) is 0 Å². The number of hydrogen-bond acceptors (Lipinski definition) is 13. The van der Waals surface area contributed by atoms with Crippen molar-refractivity contribution < 1.29 is 59.9 Å². The fraction of sp³-hybridized carbons (Fsp3) is 0.929. The van der Waals surface area contributed by atoms with Gasteiger partial charge in [-0.3, -0.25) is 10.5 Å². The van der Waals surface area contributed by atoms with Gasteiger partial charge >= 0.3 is 0 Å². The molecule has 0 spiro atoms. The Balaban J connectivity index is 2.30. The highest BCUT2D eigenvalue weighted by Crippen LogP contribution is 2.37. The van der Waals surface area contributed by atoms with E-state index in [4.69, 9.17) is 19.9 Å². The molecule has 2 heterocycles. The normalized spacial score (nSPS) is 51.2. The van der Waals surface area contributed by atoms with Gasteiger partial charge in [0.2, 0.25) is 0 Å². The van der Waals surface area contributed by atoms with Gasteiger partial charge in [-0.25, -0.2) is 0 Å². The zero-order chi connectivity index (χ0) is 20.7. The van der Waals surface area contributed by atoms with Gasteiger partial charge in [-0.1, -0.05) is 0 Å². The van der Waals surface area contributed by atoms with Crippen LogP contribution in [0.3, 0.4) is 0 Å². The van der Waals surface area contributed by atoms with Gasteiger partial charge in [0.05, 0.1) is 13.2 Å². The zero-order valence-electron chi connectivity index (χ0n) is 14.3. The third kappa shape index (κ3) is 3.50. The molecule has 13 nitrogen and oxygen atoms in total. The summed E-state index contributed by atoms with van der Waals surface area (Å²) in [5, 5.41) is 78.9. The molecular weight excluding hydrogens is 374 g/mol. The van der Waals surface area contributed by atoms with Crippen LogP contribution in [0, 0.1) is 0 Å². The molecule has 2 saturated heterocycles. The molecule has 10 N–H and O–H groups in total. The molecule has 2 aliphatic heterocycles. The Morgan fingerprint density at radius 2 is 1.70 bits per heavy atom. The maximum Gasteiger partial charge on any atom is 0.196 e. The van der Waals surface area contributed by atoms with Gasteiger partial charge in [0, 0.05) is 0 Å². The van der Waals surface area contributed by atoms with E-state index < -0.39 is 79.5 Å². The first-order valence-electron chi connectivity index (χ1n) is 8.07. The van der Waals surface area contributed by atoms with Crippen LogP contribution in [0.25, 0.3) is 0 Å². The molecule has 2 fully saturated rings. The Morgan fingerprint density at radius 1 is 1.11 bits per heavy atom. The number of aliphatic hydroxyl groups excluding tert-OH is 7. The number of ether oxygens (including phenoxy) is 3. The standard InChI is InChI=1S/C14H25NO12/c1-4(18)14(24)10(22)8(21)12(27-13(14,15)3-17)26-9-5(2-16)25-11(23)7(20)6(9)19/h5-12,16-17,19-24H,2-3,15H2,1H3/t5-,6-,7-,8-,9-,10+,11-,12+,13-,14-/m1/s1. The van der Waals surface area contributed by atoms with Crippen LogP contribution in [0.4, 0.5) is 0 Å². The largest absolute Gasteiger partial charge is 0.394 e. The lowest BCUT2D eigenvalue weighted by atomic mass is 9.77. The van der Waals surface area contributed by atoms with E-state index in [1.165, 1.54) is 0 Å². The number of hydrogen-bond donors (Lipinski definition) is 9. The van der Waals surface area contributed by atoms with Crippen LogP contribution >= 0.6 is 0 Å².